The molecule has 0 aliphatic carbocycles. The first-order valence-corrected chi connectivity index (χ1v) is 10.4. The Kier molecular flexibility index (Phi) is 5.81. The average Bonchev–Trinajstić information content (AvgIpc) is 3.10. The molecule has 32 heavy (non-hydrogen) atoms. The van der Waals surface area contributed by atoms with Crippen LogP contribution in [0, 0.1) is 19.7 Å². The summed E-state index contributed by atoms with van der Waals surface area (Å²) in [5.41, 5.74) is 11.2. The van der Waals surface area contributed by atoms with E-state index < -0.39 is 5.91 Å². The van der Waals surface area contributed by atoms with Gasteiger partial charge in [-0.25, -0.2) is 9.37 Å². The van der Waals surface area contributed by atoms with Gasteiger partial charge in [-0.05, 0) is 55.2 Å². The maximum absolute atomic E-state index is 14.2. The van der Waals surface area contributed by atoms with Crippen LogP contribution in [-0.2, 0) is 11.2 Å². The largest absolute Gasteiger partial charge is 0.483 e. The zero-order valence-electron chi connectivity index (χ0n) is 18.3. The number of hydrogen-bond donors (Lipinski definition) is 2. The quantitative estimate of drug-likeness (QED) is 0.434. The van der Waals surface area contributed by atoms with Gasteiger partial charge in [0.1, 0.15) is 28.7 Å². The first-order chi connectivity index (χ1) is 15.4. The highest BCUT2D eigenvalue weighted by Gasteiger charge is 2.21. The molecule has 0 atom stereocenters. The highest BCUT2D eigenvalue weighted by Crippen LogP contribution is 2.39. The maximum atomic E-state index is 14.2. The number of aryl methyl sites for hydroxylation is 3. The SMILES string of the molecule is CCc1cccc(C)c1Nc1c(-c2c(C)cccc2OCC(N)=O)nc2ccc(F)cn12. The third-order valence-corrected chi connectivity index (χ3v) is 5.41. The average molecular weight is 432 g/mol. The number of nitrogens with one attached hydrogen (secondary N) is 1. The molecule has 0 bridgehead atoms. The number of para-hydroxylation sites is 1. The number of amides is 1. The van der Waals surface area contributed by atoms with Gasteiger partial charge in [-0.15, -0.1) is 0 Å². The van der Waals surface area contributed by atoms with E-state index in [1.807, 2.05) is 38.1 Å². The molecule has 4 rings (SSSR count). The first-order valence-electron chi connectivity index (χ1n) is 10.4. The van der Waals surface area contributed by atoms with Gasteiger partial charge in [-0.3, -0.25) is 9.20 Å². The van der Waals surface area contributed by atoms with E-state index in [4.69, 9.17) is 15.5 Å². The summed E-state index contributed by atoms with van der Waals surface area (Å²) in [5.74, 6) is 0.151. The second-order valence-corrected chi connectivity index (χ2v) is 7.68. The number of carbonyl (C=O) groups is 1. The molecule has 2 aromatic heterocycles. The van der Waals surface area contributed by atoms with Crippen molar-refractivity contribution >= 4 is 23.1 Å². The van der Waals surface area contributed by atoms with Crippen LogP contribution in [0.4, 0.5) is 15.9 Å². The molecule has 0 radical (unpaired) electrons. The van der Waals surface area contributed by atoms with Crippen molar-refractivity contribution in [3.8, 4) is 17.0 Å². The van der Waals surface area contributed by atoms with E-state index >= 15 is 0 Å². The third kappa shape index (κ3) is 4.01. The second kappa shape index (κ2) is 8.70. The standard InChI is InChI=1S/C25H25FN4O2/c1-4-17-9-5-8-16(3)23(17)29-25-24(28-21-12-11-18(26)13-30(21)25)22-15(2)7-6-10-19(22)32-14-20(27)31/h5-13,29H,4,14H2,1-3H3,(H2,27,31). The van der Waals surface area contributed by atoms with Gasteiger partial charge in [0.05, 0.1) is 0 Å². The summed E-state index contributed by atoms with van der Waals surface area (Å²) >= 11 is 0. The number of primary amides is 1. The van der Waals surface area contributed by atoms with Crippen molar-refractivity contribution in [2.45, 2.75) is 27.2 Å². The summed E-state index contributed by atoms with van der Waals surface area (Å²) < 4.78 is 21.6. The lowest BCUT2D eigenvalue weighted by Gasteiger charge is -2.17. The van der Waals surface area contributed by atoms with E-state index in [1.54, 1.807) is 16.5 Å². The number of aromatic nitrogens is 2. The number of ether oxygens (including phenoxy) is 1. The van der Waals surface area contributed by atoms with Crippen molar-refractivity contribution in [2.24, 2.45) is 5.73 Å². The van der Waals surface area contributed by atoms with Crippen LogP contribution in [0.25, 0.3) is 16.9 Å². The van der Waals surface area contributed by atoms with Gasteiger partial charge in [-0.2, -0.15) is 0 Å². The second-order valence-electron chi connectivity index (χ2n) is 7.68. The Balaban J connectivity index is 1.96. The summed E-state index contributed by atoms with van der Waals surface area (Å²) in [6, 6.07) is 14.7. The third-order valence-electron chi connectivity index (χ3n) is 5.41. The molecule has 0 unspecified atom stereocenters. The fourth-order valence-corrected chi connectivity index (χ4v) is 3.85. The van der Waals surface area contributed by atoms with Gasteiger partial charge in [0.2, 0.25) is 0 Å². The number of rotatable bonds is 7. The topological polar surface area (TPSA) is 81.6 Å². The summed E-state index contributed by atoms with van der Waals surface area (Å²) in [5, 5.41) is 3.51. The molecule has 0 saturated heterocycles. The number of pyridine rings is 1. The molecule has 0 spiro atoms. The number of benzene rings is 2. The summed E-state index contributed by atoms with van der Waals surface area (Å²) in [6.45, 7) is 5.80. The molecule has 4 aromatic rings. The minimum Gasteiger partial charge on any atom is -0.483 e. The molecule has 0 aliphatic heterocycles. The van der Waals surface area contributed by atoms with Crippen LogP contribution in [0.5, 0.6) is 5.75 Å². The van der Waals surface area contributed by atoms with Crippen molar-refractivity contribution in [1.29, 1.82) is 0 Å². The minimum atomic E-state index is -0.569. The van der Waals surface area contributed by atoms with Gasteiger partial charge < -0.3 is 15.8 Å². The Hall–Kier alpha value is -3.87. The van der Waals surface area contributed by atoms with E-state index in [1.165, 1.54) is 12.3 Å². The zero-order valence-corrected chi connectivity index (χ0v) is 18.3. The number of fused-ring (bicyclic) bond motifs is 1. The van der Waals surface area contributed by atoms with Crippen LogP contribution < -0.4 is 15.8 Å². The van der Waals surface area contributed by atoms with Crippen molar-refractivity contribution in [2.75, 3.05) is 11.9 Å². The highest BCUT2D eigenvalue weighted by atomic mass is 19.1. The van der Waals surface area contributed by atoms with E-state index in [9.17, 15) is 9.18 Å². The van der Waals surface area contributed by atoms with E-state index in [2.05, 4.69) is 18.3 Å². The smallest absolute Gasteiger partial charge is 0.255 e. The molecule has 2 heterocycles. The molecular weight excluding hydrogens is 407 g/mol. The van der Waals surface area contributed by atoms with E-state index in [0.717, 1.165) is 28.8 Å². The Morgan fingerprint density at radius 2 is 1.88 bits per heavy atom. The summed E-state index contributed by atoms with van der Waals surface area (Å²) in [6.07, 6.45) is 2.24. The molecule has 6 nitrogen and oxygen atoms in total. The van der Waals surface area contributed by atoms with Crippen molar-refractivity contribution in [3.05, 3.63) is 77.2 Å². The lowest BCUT2D eigenvalue weighted by atomic mass is 10.0. The lowest BCUT2D eigenvalue weighted by molar-refractivity contribution is -0.119. The Labute approximate surface area is 185 Å². The Bertz CT molecular complexity index is 1310. The van der Waals surface area contributed by atoms with Gasteiger partial charge >= 0.3 is 0 Å². The number of nitrogens with two attached hydrogens (primary N) is 1. The molecule has 2 aromatic carbocycles. The van der Waals surface area contributed by atoms with Gasteiger partial charge in [0, 0.05) is 17.4 Å². The molecule has 7 heteroatoms. The van der Waals surface area contributed by atoms with Crippen LogP contribution in [0.3, 0.4) is 0 Å². The number of carbonyl (C=O) groups excluding carboxylic acids is 1. The lowest BCUT2D eigenvalue weighted by Crippen LogP contribution is -2.20. The van der Waals surface area contributed by atoms with Crippen LogP contribution in [0.15, 0.2) is 54.7 Å². The van der Waals surface area contributed by atoms with Crippen molar-refractivity contribution < 1.29 is 13.9 Å². The fourth-order valence-electron chi connectivity index (χ4n) is 3.85. The molecule has 0 fully saturated rings. The number of anilines is 2. The number of nitrogens with zero attached hydrogens (tertiary/aromatic N) is 2. The van der Waals surface area contributed by atoms with Crippen molar-refractivity contribution in [1.82, 2.24) is 9.38 Å². The molecule has 1 amide bonds. The minimum absolute atomic E-state index is 0.251. The Morgan fingerprint density at radius 1 is 1.12 bits per heavy atom. The van der Waals surface area contributed by atoms with Gasteiger partial charge in [0.25, 0.3) is 5.91 Å². The normalized spacial score (nSPS) is 11.0. The van der Waals surface area contributed by atoms with Gasteiger partial charge in [0.15, 0.2) is 6.61 Å². The summed E-state index contributed by atoms with van der Waals surface area (Å²) in [7, 11) is 0. The van der Waals surface area contributed by atoms with Crippen LogP contribution in [0.1, 0.15) is 23.6 Å². The Morgan fingerprint density at radius 3 is 2.62 bits per heavy atom. The molecule has 0 saturated carbocycles. The van der Waals surface area contributed by atoms with Crippen LogP contribution >= 0.6 is 0 Å². The fraction of sp³-hybridized carbons (Fsp3) is 0.200. The maximum Gasteiger partial charge on any atom is 0.255 e. The first kappa shape index (κ1) is 21.4. The van der Waals surface area contributed by atoms with Crippen LogP contribution in [-0.4, -0.2) is 21.9 Å². The highest BCUT2D eigenvalue weighted by molar-refractivity contribution is 5.85. The van der Waals surface area contributed by atoms with Crippen LogP contribution in [0.2, 0.25) is 0 Å². The number of hydrogen-bond acceptors (Lipinski definition) is 4. The predicted molar refractivity (Wildman–Crippen MR) is 124 cm³/mol. The predicted octanol–water partition coefficient (Wildman–Crippen LogP) is 4.93. The molecule has 164 valence electrons. The van der Waals surface area contributed by atoms with Gasteiger partial charge in [-0.1, -0.05) is 37.3 Å². The molecule has 3 N–H and O–H groups in total. The summed E-state index contributed by atoms with van der Waals surface area (Å²) in [4.78, 5) is 16.1. The molecule has 0 aliphatic rings. The van der Waals surface area contributed by atoms with Crippen molar-refractivity contribution in [3.63, 3.8) is 0 Å². The number of halogens is 1. The zero-order chi connectivity index (χ0) is 22.8. The number of imidazole rings is 1. The molecular formula is C25H25FN4O2. The van der Waals surface area contributed by atoms with E-state index in [0.29, 0.717) is 28.5 Å². The monoisotopic (exact) mass is 432 g/mol. The van der Waals surface area contributed by atoms with E-state index in [-0.39, 0.29) is 12.4 Å².